The van der Waals surface area contributed by atoms with Gasteiger partial charge in [-0.25, -0.2) is 14.8 Å². The average molecular weight is 383 g/mol. The smallest absolute Gasteiger partial charge is 0.357 e. The maximum absolute atomic E-state index is 12.1. The minimum atomic E-state index is -0.370. The van der Waals surface area contributed by atoms with Gasteiger partial charge in [0.1, 0.15) is 0 Å². The number of halogens is 1. The molecule has 2 aromatic carbocycles. The molecule has 120 valence electrons. The van der Waals surface area contributed by atoms with Gasteiger partial charge in [-0.1, -0.05) is 15.9 Å². The van der Waals surface area contributed by atoms with Crippen molar-refractivity contribution in [2.45, 2.75) is 20.8 Å². The minimum absolute atomic E-state index is 0.341. The van der Waals surface area contributed by atoms with Crippen LogP contribution in [0.3, 0.4) is 0 Å². The van der Waals surface area contributed by atoms with Crippen molar-refractivity contribution in [2.24, 2.45) is 9.98 Å². The second-order valence-electron chi connectivity index (χ2n) is 5.87. The molecule has 2 heterocycles. The second-order valence-corrected chi connectivity index (χ2v) is 6.79. The van der Waals surface area contributed by atoms with Crippen molar-refractivity contribution in [3.63, 3.8) is 0 Å². The highest BCUT2D eigenvalue weighted by Crippen LogP contribution is 2.29. The number of nitrogens with zero attached hydrogens (tertiary/aromatic N) is 2. The fraction of sp³-hybridized carbons (Fsp3) is 0.211. The van der Waals surface area contributed by atoms with E-state index in [0.29, 0.717) is 12.3 Å². The van der Waals surface area contributed by atoms with Crippen molar-refractivity contribution in [3.8, 4) is 0 Å². The van der Waals surface area contributed by atoms with Crippen LogP contribution >= 0.6 is 15.9 Å². The molecule has 0 aliphatic carbocycles. The van der Waals surface area contributed by atoms with Crippen LogP contribution < -0.4 is 10.6 Å². The Morgan fingerprint density at radius 1 is 1.17 bits per heavy atom. The first-order valence-corrected chi connectivity index (χ1v) is 8.60. The van der Waals surface area contributed by atoms with Crippen molar-refractivity contribution in [3.05, 3.63) is 55.3 Å². The lowest BCUT2D eigenvalue weighted by Gasteiger charge is -2.03. The quantitative estimate of drug-likeness (QED) is 0.639. The molecule has 0 saturated carbocycles. The second kappa shape index (κ2) is 5.38. The number of benzene rings is 2. The molecule has 24 heavy (non-hydrogen) atoms. The molecule has 4 nitrogen and oxygen atoms in total. The van der Waals surface area contributed by atoms with E-state index in [0.717, 1.165) is 48.0 Å². The third-order valence-electron chi connectivity index (χ3n) is 4.43. The van der Waals surface area contributed by atoms with Gasteiger partial charge in [0.25, 0.3) is 0 Å². The Hall–Kier alpha value is -2.27. The summed E-state index contributed by atoms with van der Waals surface area (Å²) in [5.74, 6) is -0.370. The fourth-order valence-electron chi connectivity index (χ4n) is 3.36. The largest absolute Gasteiger partial charge is 0.461 e. The summed E-state index contributed by atoms with van der Waals surface area (Å²) in [5, 5.41) is 4.10. The van der Waals surface area contributed by atoms with E-state index < -0.39 is 0 Å². The number of ether oxygens (including phenoxy) is 1. The van der Waals surface area contributed by atoms with E-state index in [1.54, 1.807) is 6.92 Å². The van der Waals surface area contributed by atoms with E-state index in [2.05, 4.69) is 27.0 Å². The predicted molar refractivity (Wildman–Crippen MR) is 96.2 cm³/mol. The molecule has 5 heteroatoms. The molecule has 0 bridgehead atoms. The zero-order valence-corrected chi connectivity index (χ0v) is 15.2. The molecular weight excluding hydrogens is 368 g/mol. The number of carbonyl (C=O) groups is 1. The standard InChI is InChI=1S/C19H15BrN2O2/c1-4-24-19(23)18-10(3)16-9(2)17-13(8-15(16)22-18)12-7-11(20)5-6-14(12)21-17/h5-8H,4H2,1-3H3. The Labute approximate surface area is 147 Å². The van der Waals surface area contributed by atoms with Gasteiger partial charge in [0.15, 0.2) is 5.71 Å². The first kappa shape index (κ1) is 15.3. The van der Waals surface area contributed by atoms with Crippen molar-refractivity contribution in [1.29, 1.82) is 0 Å². The lowest BCUT2D eigenvalue weighted by atomic mass is 10.0. The summed E-state index contributed by atoms with van der Waals surface area (Å²) < 4.78 is 6.13. The van der Waals surface area contributed by atoms with Gasteiger partial charge in [0.2, 0.25) is 0 Å². The number of carbonyl (C=O) groups excluding carboxylic acids is 1. The molecule has 0 aromatic heterocycles. The molecule has 0 saturated heterocycles. The summed E-state index contributed by atoms with van der Waals surface area (Å²) in [6.45, 7) is 6.09. The van der Waals surface area contributed by atoms with Crippen LogP contribution in [0.1, 0.15) is 19.4 Å². The van der Waals surface area contributed by atoms with E-state index in [1.165, 1.54) is 0 Å². The number of esters is 1. The van der Waals surface area contributed by atoms with Crippen LogP contribution in [0.25, 0.3) is 5.57 Å². The lowest BCUT2D eigenvalue weighted by molar-refractivity contribution is -0.134. The third kappa shape index (κ3) is 2.08. The average Bonchev–Trinajstić information content (AvgIpc) is 3.07. The molecule has 0 fully saturated rings. The normalized spacial score (nSPS) is 13.8. The maximum Gasteiger partial charge on any atom is 0.357 e. The summed E-state index contributed by atoms with van der Waals surface area (Å²) in [5.41, 5.74) is 4.08. The first-order valence-electron chi connectivity index (χ1n) is 7.80. The highest BCUT2D eigenvalue weighted by Gasteiger charge is 2.24. The van der Waals surface area contributed by atoms with Crippen LogP contribution in [0, 0.1) is 17.4 Å². The van der Waals surface area contributed by atoms with Crippen LogP contribution in [-0.2, 0) is 9.53 Å². The molecular formula is C19H15BrN2O2. The summed E-state index contributed by atoms with van der Waals surface area (Å²) in [6.07, 6.45) is 0. The molecule has 2 aliphatic rings. The van der Waals surface area contributed by atoms with Crippen LogP contribution in [0.15, 0.2) is 38.7 Å². The van der Waals surface area contributed by atoms with Gasteiger partial charge in [0, 0.05) is 20.1 Å². The van der Waals surface area contributed by atoms with Crippen LogP contribution in [0.5, 0.6) is 0 Å². The van der Waals surface area contributed by atoms with Crippen LogP contribution in [0.4, 0.5) is 11.4 Å². The van der Waals surface area contributed by atoms with Crippen molar-refractivity contribution in [1.82, 2.24) is 0 Å². The van der Waals surface area contributed by atoms with Crippen LogP contribution in [-0.4, -0.2) is 18.3 Å². The van der Waals surface area contributed by atoms with E-state index in [9.17, 15) is 4.79 Å². The Balaban J connectivity index is 2.06. The highest BCUT2D eigenvalue weighted by molar-refractivity contribution is 9.10. The SMILES string of the molecule is CCOC(=O)C1=Nc2cc3c(c(C)c2=C1C)N=c1ccc(Br)cc1=3. The Morgan fingerprint density at radius 3 is 2.71 bits per heavy atom. The summed E-state index contributed by atoms with van der Waals surface area (Å²) in [4.78, 5) is 21.4. The number of hydrogen-bond acceptors (Lipinski definition) is 4. The molecule has 0 spiro atoms. The van der Waals surface area contributed by atoms with Gasteiger partial charge >= 0.3 is 5.97 Å². The van der Waals surface area contributed by atoms with Gasteiger partial charge < -0.3 is 4.74 Å². The fourth-order valence-corrected chi connectivity index (χ4v) is 3.72. The Bertz CT molecular complexity index is 1160. The van der Waals surface area contributed by atoms with Crippen molar-refractivity contribution < 1.29 is 9.53 Å². The Morgan fingerprint density at radius 2 is 1.96 bits per heavy atom. The molecule has 0 N–H and O–H groups in total. The van der Waals surface area contributed by atoms with Gasteiger partial charge in [0.05, 0.1) is 23.3 Å². The Kier molecular flexibility index (Phi) is 3.42. The molecule has 2 aromatic rings. The molecule has 4 rings (SSSR count). The van der Waals surface area contributed by atoms with Gasteiger partial charge in [-0.15, -0.1) is 0 Å². The van der Waals surface area contributed by atoms with Gasteiger partial charge in [-0.3, -0.25) is 0 Å². The van der Waals surface area contributed by atoms with Crippen molar-refractivity contribution in [2.75, 3.05) is 6.61 Å². The lowest BCUT2D eigenvalue weighted by Crippen LogP contribution is -2.19. The molecule has 0 unspecified atom stereocenters. The molecule has 0 atom stereocenters. The maximum atomic E-state index is 12.1. The molecule has 0 radical (unpaired) electrons. The van der Waals surface area contributed by atoms with E-state index in [1.807, 2.05) is 32.0 Å². The predicted octanol–water partition coefficient (Wildman–Crippen LogP) is 3.13. The first-order chi connectivity index (χ1) is 11.5. The minimum Gasteiger partial charge on any atom is -0.461 e. The van der Waals surface area contributed by atoms with Gasteiger partial charge in [-0.2, -0.15) is 0 Å². The zero-order valence-electron chi connectivity index (χ0n) is 13.6. The van der Waals surface area contributed by atoms with E-state index in [-0.39, 0.29) is 5.97 Å². The third-order valence-corrected chi connectivity index (χ3v) is 4.93. The number of rotatable bonds is 2. The summed E-state index contributed by atoms with van der Waals surface area (Å²) in [7, 11) is 0. The van der Waals surface area contributed by atoms with E-state index >= 15 is 0 Å². The number of hydrogen-bond donors (Lipinski definition) is 0. The van der Waals surface area contributed by atoms with E-state index in [4.69, 9.17) is 9.73 Å². The van der Waals surface area contributed by atoms with Crippen LogP contribution in [0.2, 0.25) is 0 Å². The number of fused-ring (bicyclic) bond motifs is 3. The monoisotopic (exact) mass is 382 g/mol. The van der Waals surface area contributed by atoms with Crippen molar-refractivity contribution >= 4 is 44.6 Å². The summed E-state index contributed by atoms with van der Waals surface area (Å²) in [6, 6.07) is 8.09. The molecule has 2 aliphatic heterocycles. The number of aliphatic imine (C=N–C) groups is 1. The summed E-state index contributed by atoms with van der Waals surface area (Å²) >= 11 is 3.52. The topological polar surface area (TPSA) is 51.0 Å². The van der Waals surface area contributed by atoms with Gasteiger partial charge in [-0.05, 0) is 56.2 Å². The highest BCUT2D eigenvalue weighted by atomic mass is 79.9. The zero-order chi connectivity index (χ0) is 17.0. The molecule has 0 amide bonds.